The van der Waals surface area contributed by atoms with E-state index >= 15 is 0 Å². The molecule has 1 aromatic carbocycles. The van der Waals surface area contributed by atoms with Gasteiger partial charge in [-0.05, 0) is 12.1 Å². The highest BCUT2D eigenvalue weighted by Crippen LogP contribution is 2.23. The van der Waals surface area contributed by atoms with Gasteiger partial charge in [0, 0.05) is 5.56 Å². The molecule has 12 heavy (non-hydrogen) atoms. The van der Waals surface area contributed by atoms with Crippen LogP contribution in [0.5, 0.6) is 0 Å². The summed E-state index contributed by atoms with van der Waals surface area (Å²) in [6.07, 6.45) is 0. The molecule has 64 valence electrons. The Kier molecular flexibility index (Phi) is 3.29. The normalized spacial score (nSPS) is 9.58. The number of thiocarbonyl (C=S) groups is 1. The highest BCUT2D eigenvalue weighted by Gasteiger charge is 2.08. The maximum atomic E-state index is 5.84. The van der Waals surface area contributed by atoms with Crippen LogP contribution in [0, 0.1) is 0 Å². The van der Waals surface area contributed by atoms with Crippen LogP contribution in [0.4, 0.5) is 0 Å². The summed E-state index contributed by atoms with van der Waals surface area (Å²) in [5.74, 6) is 5.13. The zero-order valence-electron chi connectivity index (χ0n) is 5.97. The van der Waals surface area contributed by atoms with Crippen molar-refractivity contribution in [3.05, 3.63) is 33.8 Å². The average molecular weight is 221 g/mol. The lowest BCUT2D eigenvalue weighted by molar-refractivity contribution is 1.05. The van der Waals surface area contributed by atoms with Crippen LogP contribution in [0.3, 0.4) is 0 Å². The molecule has 0 unspecified atom stereocenters. The Hall–Kier alpha value is -0.350. The van der Waals surface area contributed by atoms with Crippen molar-refractivity contribution in [1.29, 1.82) is 0 Å². The zero-order valence-corrected chi connectivity index (χ0v) is 8.30. The second-order valence-corrected chi connectivity index (χ2v) is 3.29. The molecule has 1 rings (SSSR count). The summed E-state index contributed by atoms with van der Waals surface area (Å²) in [7, 11) is 0. The highest BCUT2D eigenvalue weighted by molar-refractivity contribution is 7.80. The van der Waals surface area contributed by atoms with Gasteiger partial charge in [0.1, 0.15) is 4.99 Å². The van der Waals surface area contributed by atoms with Crippen LogP contribution in [0.2, 0.25) is 10.0 Å². The Morgan fingerprint density at radius 3 is 2.25 bits per heavy atom. The van der Waals surface area contributed by atoms with E-state index in [1.807, 2.05) is 0 Å². The lowest BCUT2D eigenvalue weighted by Gasteiger charge is -2.06. The highest BCUT2D eigenvalue weighted by atomic mass is 35.5. The molecule has 3 N–H and O–H groups in total. The van der Waals surface area contributed by atoms with Gasteiger partial charge in [-0.1, -0.05) is 41.5 Å². The number of hydrazine groups is 1. The topological polar surface area (TPSA) is 38.0 Å². The fraction of sp³-hybridized carbons (Fsp3) is 0. The molecule has 0 aliphatic carbocycles. The maximum absolute atomic E-state index is 5.84. The van der Waals surface area contributed by atoms with Crippen molar-refractivity contribution < 1.29 is 0 Å². The van der Waals surface area contributed by atoms with E-state index in [9.17, 15) is 0 Å². The van der Waals surface area contributed by atoms with E-state index in [1.165, 1.54) is 0 Å². The van der Waals surface area contributed by atoms with E-state index < -0.39 is 0 Å². The molecule has 2 nitrogen and oxygen atoms in total. The van der Waals surface area contributed by atoms with Crippen LogP contribution >= 0.6 is 35.4 Å². The summed E-state index contributed by atoms with van der Waals surface area (Å²) in [4.78, 5) is 0.339. The molecule has 0 saturated heterocycles. The molecule has 0 bridgehead atoms. The number of benzene rings is 1. The van der Waals surface area contributed by atoms with Gasteiger partial charge in [0.05, 0.1) is 10.0 Å². The number of rotatable bonds is 1. The molecule has 0 aliphatic heterocycles. The molecule has 0 atom stereocenters. The first-order valence-corrected chi connectivity index (χ1v) is 4.28. The van der Waals surface area contributed by atoms with Gasteiger partial charge in [-0.3, -0.25) is 0 Å². The minimum absolute atomic E-state index is 0.339. The average Bonchev–Trinajstić information content (AvgIpc) is 2.03. The van der Waals surface area contributed by atoms with E-state index in [4.69, 9.17) is 41.3 Å². The van der Waals surface area contributed by atoms with E-state index in [2.05, 4.69) is 5.43 Å². The van der Waals surface area contributed by atoms with E-state index in [0.717, 1.165) is 0 Å². The third-order valence-corrected chi connectivity index (χ3v) is 2.27. The van der Waals surface area contributed by atoms with Crippen molar-refractivity contribution in [2.45, 2.75) is 0 Å². The quantitative estimate of drug-likeness (QED) is 0.433. The van der Waals surface area contributed by atoms with Crippen molar-refractivity contribution >= 4 is 40.4 Å². The monoisotopic (exact) mass is 220 g/mol. The smallest absolute Gasteiger partial charge is 0.123 e. The van der Waals surface area contributed by atoms with Gasteiger partial charge in [-0.25, -0.2) is 5.84 Å². The Labute approximate surface area is 85.6 Å². The van der Waals surface area contributed by atoms with E-state index in [1.54, 1.807) is 18.2 Å². The number of hydrogen-bond acceptors (Lipinski definition) is 2. The molecule has 5 heteroatoms. The zero-order chi connectivity index (χ0) is 9.14. The van der Waals surface area contributed by atoms with Crippen LogP contribution in [0.25, 0.3) is 0 Å². The fourth-order valence-electron chi connectivity index (χ4n) is 0.787. The Bertz CT molecular complexity index is 294. The van der Waals surface area contributed by atoms with Crippen molar-refractivity contribution in [2.75, 3.05) is 0 Å². The lowest BCUT2D eigenvalue weighted by atomic mass is 10.2. The van der Waals surface area contributed by atoms with Crippen LogP contribution in [0.1, 0.15) is 5.56 Å². The molecule has 0 heterocycles. The van der Waals surface area contributed by atoms with Gasteiger partial charge in [0.25, 0.3) is 0 Å². The number of nitrogens with one attached hydrogen (secondary N) is 1. The number of nitrogens with two attached hydrogens (primary N) is 1. The first-order valence-electron chi connectivity index (χ1n) is 3.11. The predicted octanol–water partition coefficient (Wildman–Crippen LogP) is 2.13. The summed E-state index contributed by atoms with van der Waals surface area (Å²) in [5.41, 5.74) is 2.89. The van der Waals surface area contributed by atoms with Crippen molar-refractivity contribution in [3.63, 3.8) is 0 Å². The number of halogens is 2. The SMILES string of the molecule is NNC(=S)c1c(Cl)cccc1Cl. The Balaban J connectivity index is 3.21. The van der Waals surface area contributed by atoms with Crippen LogP contribution < -0.4 is 11.3 Å². The molecular weight excluding hydrogens is 215 g/mol. The summed E-state index contributed by atoms with van der Waals surface area (Å²) in [6, 6.07) is 5.14. The summed E-state index contributed by atoms with van der Waals surface area (Å²) in [5, 5.41) is 0.982. The summed E-state index contributed by atoms with van der Waals surface area (Å²) >= 11 is 16.6. The second-order valence-electron chi connectivity index (χ2n) is 2.07. The minimum atomic E-state index is 0.339. The van der Waals surface area contributed by atoms with Crippen molar-refractivity contribution in [2.24, 2.45) is 5.84 Å². The van der Waals surface area contributed by atoms with Crippen molar-refractivity contribution in [3.8, 4) is 0 Å². The van der Waals surface area contributed by atoms with Gasteiger partial charge in [0.15, 0.2) is 0 Å². The summed E-state index contributed by atoms with van der Waals surface area (Å²) in [6.45, 7) is 0. The second kappa shape index (κ2) is 4.05. The van der Waals surface area contributed by atoms with Gasteiger partial charge >= 0.3 is 0 Å². The molecular formula is C7H6Cl2N2S. The molecule has 0 aromatic heterocycles. The molecule has 0 aliphatic rings. The minimum Gasteiger partial charge on any atom is -0.314 e. The van der Waals surface area contributed by atoms with Crippen LogP contribution in [-0.2, 0) is 0 Å². The lowest BCUT2D eigenvalue weighted by Crippen LogP contribution is -2.29. The van der Waals surface area contributed by atoms with Gasteiger partial charge in [-0.2, -0.15) is 0 Å². The third kappa shape index (κ3) is 1.87. The predicted molar refractivity (Wildman–Crippen MR) is 55.5 cm³/mol. The van der Waals surface area contributed by atoms with Crippen LogP contribution in [0.15, 0.2) is 18.2 Å². The molecule has 0 spiro atoms. The van der Waals surface area contributed by atoms with Gasteiger partial charge in [0.2, 0.25) is 0 Å². The van der Waals surface area contributed by atoms with Crippen molar-refractivity contribution in [1.82, 2.24) is 5.43 Å². The third-order valence-electron chi connectivity index (χ3n) is 1.32. The first kappa shape index (κ1) is 9.74. The Morgan fingerprint density at radius 2 is 1.83 bits per heavy atom. The Morgan fingerprint density at radius 1 is 1.33 bits per heavy atom. The largest absolute Gasteiger partial charge is 0.314 e. The van der Waals surface area contributed by atoms with E-state index in [-0.39, 0.29) is 0 Å². The summed E-state index contributed by atoms with van der Waals surface area (Å²) < 4.78 is 0. The maximum Gasteiger partial charge on any atom is 0.123 e. The standard InChI is InChI=1S/C7H6Cl2N2S/c8-4-2-1-3-5(9)6(4)7(12)11-10/h1-3H,10H2,(H,11,12). The fourth-order valence-corrected chi connectivity index (χ4v) is 1.71. The van der Waals surface area contributed by atoms with E-state index in [0.29, 0.717) is 20.6 Å². The van der Waals surface area contributed by atoms with Gasteiger partial charge in [-0.15, -0.1) is 0 Å². The first-order chi connectivity index (χ1) is 5.66. The van der Waals surface area contributed by atoms with Gasteiger partial charge < -0.3 is 5.43 Å². The molecule has 0 radical (unpaired) electrons. The molecule has 1 aromatic rings. The molecule has 0 amide bonds. The number of hydrogen-bond donors (Lipinski definition) is 2. The van der Waals surface area contributed by atoms with Crippen LogP contribution in [-0.4, -0.2) is 4.99 Å². The molecule has 0 fully saturated rings. The molecule has 0 saturated carbocycles.